The molecule has 0 radical (unpaired) electrons. The van der Waals surface area contributed by atoms with Crippen molar-refractivity contribution in [3.8, 4) is 0 Å². The fraction of sp³-hybridized carbons (Fsp3) is 0.450. The van der Waals surface area contributed by atoms with Crippen LogP contribution in [0.3, 0.4) is 0 Å². The molecule has 0 bridgehead atoms. The Kier molecular flexibility index (Phi) is 13.3. The summed E-state index contributed by atoms with van der Waals surface area (Å²) in [5, 5.41) is 10.1. The quantitative estimate of drug-likeness (QED) is 0.267. The zero-order valence-corrected chi connectivity index (χ0v) is 27.6. The Labute approximate surface area is 252 Å². The summed E-state index contributed by atoms with van der Waals surface area (Å²) in [4.78, 5) is 0. The standard InChI is InChI=1S/C40H56O/c1-30(18-13-20-32(3)23-25-37-34(5)22-15-27-39(37,7)8)16-11-12-17-31(2)19-14-21-33(4)24-26-38-35(6)28-36(41)29-40(38,9)10/h11-14,16-21,23-26,36,41H,15,22,27-29H2,1-10H3/b12-11+,18-13+,19-14+,25-23+,26-24-,30-16-,31-17+,32-20+,33-21+/t36-/m0/s1. The van der Waals surface area contributed by atoms with Gasteiger partial charge in [0.1, 0.15) is 0 Å². The first-order chi connectivity index (χ1) is 19.2. The number of aliphatic hydroxyl groups excluding tert-OH is 1. The fourth-order valence-electron chi connectivity index (χ4n) is 5.96. The maximum Gasteiger partial charge on any atom is 0.0585 e. The summed E-state index contributed by atoms with van der Waals surface area (Å²) < 4.78 is 0. The van der Waals surface area contributed by atoms with E-state index in [4.69, 9.17) is 0 Å². The van der Waals surface area contributed by atoms with Crippen LogP contribution in [0.1, 0.15) is 101 Å². The summed E-state index contributed by atoms with van der Waals surface area (Å²) in [5.41, 5.74) is 10.9. The highest BCUT2D eigenvalue weighted by Gasteiger charge is 2.31. The second-order valence-corrected chi connectivity index (χ2v) is 13.5. The maximum absolute atomic E-state index is 10.1. The van der Waals surface area contributed by atoms with E-state index in [1.807, 2.05) is 0 Å². The van der Waals surface area contributed by atoms with Crippen LogP contribution < -0.4 is 0 Å². The molecule has 2 rings (SSSR count). The summed E-state index contributed by atoms with van der Waals surface area (Å²) in [6.45, 7) is 22.2. The van der Waals surface area contributed by atoms with Gasteiger partial charge in [0.25, 0.3) is 0 Å². The third-order valence-electron chi connectivity index (χ3n) is 8.31. The van der Waals surface area contributed by atoms with Gasteiger partial charge in [-0.25, -0.2) is 0 Å². The van der Waals surface area contributed by atoms with E-state index in [2.05, 4.69) is 154 Å². The molecule has 2 aliphatic rings. The highest BCUT2D eigenvalue weighted by molar-refractivity contribution is 5.39. The van der Waals surface area contributed by atoms with E-state index in [0.717, 1.165) is 12.8 Å². The lowest BCUT2D eigenvalue weighted by atomic mass is 9.71. The van der Waals surface area contributed by atoms with Crippen LogP contribution in [-0.2, 0) is 0 Å². The van der Waals surface area contributed by atoms with Crippen LogP contribution in [0.4, 0.5) is 0 Å². The van der Waals surface area contributed by atoms with Gasteiger partial charge < -0.3 is 5.11 Å². The van der Waals surface area contributed by atoms with Crippen LogP contribution in [-0.4, -0.2) is 11.2 Å². The van der Waals surface area contributed by atoms with Gasteiger partial charge in [0.2, 0.25) is 0 Å². The van der Waals surface area contributed by atoms with Crippen molar-refractivity contribution in [2.45, 2.75) is 107 Å². The normalized spacial score (nSPS) is 23.5. The fourth-order valence-corrected chi connectivity index (χ4v) is 5.96. The Balaban J connectivity index is 1.90. The zero-order chi connectivity index (χ0) is 30.6. The second kappa shape index (κ2) is 15.9. The number of allylic oxidation sites excluding steroid dienone is 21. The molecule has 0 aliphatic heterocycles. The lowest BCUT2D eigenvalue weighted by Gasteiger charge is -2.35. The van der Waals surface area contributed by atoms with Crippen molar-refractivity contribution in [1.82, 2.24) is 0 Å². The van der Waals surface area contributed by atoms with Gasteiger partial charge in [0, 0.05) is 0 Å². The van der Waals surface area contributed by atoms with Gasteiger partial charge in [0.05, 0.1) is 6.10 Å². The summed E-state index contributed by atoms with van der Waals surface area (Å²) in [5.74, 6) is 0. The van der Waals surface area contributed by atoms with Crippen LogP contribution in [0.2, 0.25) is 0 Å². The van der Waals surface area contributed by atoms with E-state index >= 15 is 0 Å². The van der Waals surface area contributed by atoms with Crippen molar-refractivity contribution in [2.24, 2.45) is 10.8 Å². The molecular weight excluding hydrogens is 496 g/mol. The van der Waals surface area contributed by atoms with Gasteiger partial charge in [-0.2, -0.15) is 0 Å². The molecule has 1 atom stereocenters. The van der Waals surface area contributed by atoms with Crippen molar-refractivity contribution in [2.75, 3.05) is 0 Å². The molecule has 0 heterocycles. The molecule has 0 aromatic heterocycles. The van der Waals surface area contributed by atoms with Gasteiger partial charge in [-0.1, -0.05) is 146 Å². The molecule has 41 heavy (non-hydrogen) atoms. The van der Waals surface area contributed by atoms with E-state index in [9.17, 15) is 5.11 Å². The third-order valence-corrected chi connectivity index (χ3v) is 8.31. The topological polar surface area (TPSA) is 20.2 Å². The number of aliphatic hydroxyl groups is 1. The van der Waals surface area contributed by atoms with Gasteiger partial charge in [-0.15, -0.1) is 0 Å². The summed E-state index contributed by atoms with van der Waals surface area (Å²) in [6, 6.07) is 0. The number of hydrogen-bond donors (Lipinski definition) is 1. The Hall–Kier alpha value is -2.90. The molecule has 1 heteroatoms. The lowest BCUT2D eigenvalue weighted by Crippen LogP contribution is -2.28. The molecule has 2 aliphatic carbocycles. The molecule has 1 nitrogen and oxygen atoms in total. The first kappa shape index (κ1) is 34.3. The van der Waals surface area contributed by atoms with E-state index in [1.54, 1.807) is 5.57 Å². The van der Waals surface area contributed by atoms with E-state index in [1.165, 1.54) is 58.3 Å². The molecule has 0 saturated heterocycles. The number of rotatable bonds is 10. The summed E-state index contributed by atoms with van der Waals surface area (Å²) >= 11 is 0. The first-order valence-electron chi connectivity index (χ1n) is 15.4. The van der Waals surface area contributed by atoms with Crippen molar-refractivity contribution >= 4 is 0 Å². The van der Waals surface area contributed by atoms with Crippen molar-refractivity contribution in [1.29, 1.82) is 0 Å². The molecule has 0 fully saturated rings. The Morgan fingerprint density at radius 2 is 1.07 bits per heavy atom. The highest BCUT2D eigenvalue weighted by atomic mass is 16.3. The lowest BCUT2D eigenvalue weighted by molar-refractivity contribution is 0.116. The van der Waals surface area contributed by atoms with Crippen LogP contribution in [0.15, 0.2) is 130 Å². The minimum Gasteiger partial charge on any atom is -0.393 e. The Morgan fingerprint density at radius 3 is 1.54 bits per heavy atom. The first-order valence-corrected chi connectivity index (χ1v) is 15.4. The smallest absolute Gasteiger partial charge is 0.0585 e. The average Bonchev–Trinajstić information content (AvgIpc) is 2.84. The van der Waals surface area contributed by atoms with Gasteiger partial charge in [0.15, 0.2) is 0 Å². The summed E-state index contributed by atoms with van der Waals surface area (Å²) in [7, 11) is 0. The van der Waals surface area contributed by atoms with Crippen LogP contribution in [0.25, 0.3) is 0 Å². The minimum absolute atomic E-state index is 0.0128. The predicted octanol–water partition coefficient (Wildman–Crippen LogP) is 11.6. The largest absolute Gasteiger partial charge is 0.393 e. The summed E-state index contributed by atoms with van der Waals surface area (Å²) in [6.07, 6.45) is 35.5. The highest BCUT2D eigenvalue weighted by Crippen LogP contribution is 2.42. The molecule has 0 saturated carbocycles. The van der Waals surface area contributed by atoms with Crippen LogP contribution >= 0.6 is 0 Å². The number of hydrogen-bond acceptors (Lipinski definition) is 1. The predicted molar refractivity (Wildman–Crippen MR) is 183 cm³/mol. The van der Waals surface area contributed by atoms with Crippen molar-refractivity contribution < 1.29 is 5.11 Å². The Bertz CT molecular complexity index is 1250. The molecule has 1 N–H and O–H groups in total. The van der Waals surface area contributed by atoms with E-state index in [0.29, 0.717) is 0 Å². The zero-order valence-electron chi connectivity index (χ0n) is 27.6. The molecule has 0 amide bonds. The van der Waals surface area contributed by atoms with E-state index < -0.39 is 0 Å². The Morgan fingerprint density at radius 1 is 0.634 bits per heavy atom. The minimum atomic E-state index is -0.220. The molecule has 0 spiro atoms. The molecule has 222 valence electrons. The molecule has 0 aromatic rings. The maximum atomic E-state index is 10.1. The van der Waals surface area contributed by atoms with Gasteiger partial charge in [-0.3, -0.25) is 0 Å². The van der Waals surface area contributed by atoms with Crippen molar-refractivity contribution in [3.05, 3.63) is 130 Å². The van der Waals surface area contributed by atoms with Crippen LogP contribution in [0.5, 0.6) is 0 Å². The van der Waals surface area contributed by atoms with Crippen LogP contribution in [0, 0.1) is 10.8 Å². The van der Waals surface area contributed by atoms with Gasteiger partial charge >= 0.3 is 0 Å². The molecule has 0 unspecified atom stereocenters. The monoisotopic (exact) mass is 552 g/mol. The SMILES string of the molecule is CC1=C(\C=C/C(C)=C/C=C/C(C)=C/C=C/C=C(C)\C=C\C=C(C)\C=C\C2=C(C)CCCC2(C)C)C(C)(C)C[C@@H](O)C1. The average molecular weight is 553 g/mol. The molecule has 0 aromatic carbocycles. The molecular formula is C40H56O. The van der Waals surface area contributed by atoms with Gasteiger partial charge in [-0.05, 0) is 95.6 Å². The second-order valence-electron chi connectivity index (χ2n) is 13.5. The van der Waals surface area contributed by atoms with Crippen molar-refractivity contribution in [3.63, 3.8) is 0 Å². The van der Waals surface area contributed by atoms with E-state index in [-0.39, 0.29) is 16.9 Å². The third kappa shape index (κ3) is 11.9.